The largest absolute Gasteiger partial charge is 0.274 e. The topological polar surface area (TPSA) is 50.3 Å². The second kappa shape index (κ2) is 5.79. The third kappa shape index (κ3) is 2.48. The lowest BCUT2D eigenvalue weighted by atomic mass is 9.86. The van der Waals surface area contributed by atoms with E-state index < -0.39 is 5.41 Å². The minimum Gasteiger partial charge on any atom is -0.274 e. The van der Waals surface area contributed by atoms with Crippen LogP contribution >= 0.6 is 11.8 Å². The van der Waals surface area contributed by atoms with Gasteiger partial charge in [0.05, 0.1) is 17.2 Å². The Bertz CT molecular complexity index is 540. The number of carbonyl (C=O) groups is 2. The quantitative estimate of drug-likeness (QED) is 0.803. The van der Waals surface area contributed by atoms with Crippen molar-refractivity contribution in [1.29, 1.82) is 0 Å². The Balaban J connectivity index is 1.92. The number of thioether (sulfide) groups is 1. The van der Waals surface area contributed by atoms with E-state index in [4.69, 9.17) is 0 Å². The fourth-order valence-electron chi connectivity index (χ4n) is 3.31. The summed E-state index contributed by atoms with van der Waals surface area (Å²) in [5, 5.41) is 0. The summed E-state index contributed by atoms with van der Waals surface area (Å²) in [7, 11) is 0. The van der Waals surface area contributed by atoms with Gasteiger partial charge in [0, 0.05) is 18.4 Å². The highest BCUT2D eigenvalue weighted by Gasteiger charge is 2.54. The van der Waals surface area contributed by atoms with Crippen LogP contribution in [0.2, 0.25) is 0 Å². The monoisotopic (exact) mass is 304 g/mol. The van der Waals surface area contributed by atoms with Crippen LogP contribution in [-0.4, -0.2) is 33.2 Å². The number of carbonyl (C=O) groups excluding carboxylic acids is 2. The van der Waals surface area contributed by atoms with Gasteiger partial charge in [-0.3, -0.25) is 19.5 Å². The minimum atomic E-state index is -0.428. The third-order valence-electron chi connectivity index (χ3n) is 4.44. The molecule has 0 saturated carbocycles. The van der Waals surface area contributed by atoms with Gasteiger partial charge in [-0.1, -0.05) is 19.4 Å². The van der Waals surface area contributed by atoms with E-state index in [9.17, 15) is 9.59 Å². The van der Waals surface area contributed by atoms with Crippen LogP contribution in [0, 0.1) is 5.41 Å². The number of pyridine rings is 1. The molecule has 3 heterocycles. The van der Waals surface area contributed by atoms with E-state index in [1.807, 2.05) is 18.2 Å². The molecule has 2 fully saturated rings. The Morgan fingerprint density at radius 2 is 2.29 bits per heavy atom. The lowest BCUT2D eigenvalue weighted by molar-refractivity contribution is -0.144. The van der Waals surface area contributed by atoms with Gasteiger partial charge in [-0.15, -0.1) is 0 Å². The van der Waals surface area contributed by atoms with E-state index in [0.717, 1.165) is 36.5 Å². The Morgan fingerprint density at radius 3 is 2.90 bits per heavy atom. The Hall–Kier alpha value is -1.36. The average molecular weight is 304 g/mol. The summed E-state index contributed by atoms with van der Waals surface area (Å²) in [6, 6.07) is 5.48. The highest BCUT2D eigenvalue weighted by Crippen LogP contribution is 2.47. The summed E-state index contributed by atoms with van der Waals surface area (Å²) in [6.07, 6.45) is 4.63. The summed E-state index contributed by atoms with van der Waals surface area (Å²) in [6.45, 7) is 2.07. The van der Waals surface area contributed by atoms with Crippen LogP contribution in [0.25, 0.3) is 0 Å². The van der Waals surface area contributed by atoms with Crippen molar-refractivity contribution in [2.75, 3.05) is 11.5 Å². The molecule has 2 aliphatic rings. The van der Waals surface area contributed by atoms with Crippen molar-refractivity contribution >= 4 is 23.6 Å². The maximum Gasteiger partial charge on any atom is 0.237 e. The lowest BCUT2D eigenvalue weighted by Gasteiger charge is -2.27. The van der Waals surface area contributed by atoms with Crippen LogP contribution in [0.15, 0.2) is 24.4 Å². The van der Waals surface area contributed by atoms with Crippen molar-refractivity contribution < 1.29 is 9.59 Å². The first-order chi connectivity index (χ1) is 10.2. The first-order valence-electron chi connectivity index (χ1n) is 7.53. The van der Waals surface area contributed by atoms with Gasteiger partial charge >= 0.3 is 0 Å². The Kier molecular flexibility index (Phi) is 4.02. The third-order valence-corrected chi connectivity index (χ3v) is 5.69. The van der Waals surface area contributed by atoms with Gasteiger partial charge in [-0.05, 0) is 30.7 Å². The molecule has 1 aromatic heterocycles. The molecular weight excluding hydrogens is 284 g/mol. The highest BCUT2D eigenvalue weighted by atomic mass is 32.2. The van der Waals surface area contributed by atoms with Gasteiger partial charge in [0.15, 0.2) is 0 Å². The highest BCUT2D eigenvalue weighted by molar-refractivity contribution is 7.99. The second-order valence-electron chi connectivity index (χ2n) is 5.89. The fourth-order valence-corrected chi connectivity index (χ4v) is 4.75. The number of amides is 2. The zero-order chi connectivity index (χ0) is 14.9. The maximum absolute atomic E-state index is 12.9. The summed E-state index contributed by atoms with van der Waals surface area (Å²) in [4.78, 5) is 31.3. The molecule has 0 bridgehead atoms. The van der Waals surface area contributed by atoms with Gasteiger partial charge in [-0.25, -0.2) is 0 Å². The Labute approximate surface area is 129 Å². The smallest absolute Gasteiger partial charge is 0.237 e. The maximum atomic E-state index is 12.9. The molecule has 5 heteroatoms. The van der Waals surface area contributed by atoms with Crippen LogP contribution in [-0.2, 0) is 9.59 Å². The van der Waals surface area contributed by atoms with Gasteiger partial charge in [0.2, 0.25) is 11.8 Å². The molecule has 3 rings (SSSR count). The molecular formula is C16H20N2O2S. The van der Waals surface area contributed by atoms with Gasteiger partial charge in [0.25, 0.3) is 0 Å². The first-order valence-corrected chi connectivity index (χ1v) is 8.68. The molecule has 21 heavy (non-hydrogen) atoms. The molecule has 1 aromatic rings. The van der Waals surface area contributed by atoms with Gasteiger partial charge in [0.1, 0.15) is 0 Å². The predicted octanol–water partition coefficient (Wildman–Crippen LogP) is 2.81. The fraction of sp³-hybridized carbons (Fsp3) is 0.562. The van der Waals surface area contributed by atoms with Crippen LogP contribution in [0.3, 0.4) is 0 Å². The normalized spacial score (nSPS) is 26.8. The van der Waals surface area contributed by atoms with Crippen LogP contribution < -0.4 is 0 Å². The summed E-state index contributed by atoms with van der Waals surface area (Å²) in [5.74, 6) is 1.78. The standard InChI is InChI=1S/C16H20N2O2S/c1-2-5-13(12-6-3-4-8-17-12)18-14(19)10-16(15(18)20)7-9-21-11-16/h3-4,6,8,13H,2,5,7,9-11H2,1H3. The minimum absolute atomic E-state index is 0.0217. The van der Waals surface area contributed by atoms with E-state index in [2.05, 4.69) is 11.9 Å². The van der Waals surface area contributed by atoms with Crippen LogP contribution in [0.1, 0.15) is 44.3 Å². The van der Waals surface area contributed by atoms with E-state index >= 15 is 0 Å². The van der Waals surface area contributed by atoms with Crippen molar-refractivity contribution in [2.24, 2.45) is 5.41 Å². The molecule has 0 N–H and O–H groups in total. The second-order valence-corrected chi connectivity index (χ2v) is 6.99. The van der Waals surface area contributed by atoms with Crippen molar-refractivity contribution in [3.63, 3.8) is 0 Å². The Morgan fingerprint density at radius 1 is 1.43 bits per heavy atom. The van der Waals surface area contributed by atoms with E-state index in [-0.39, 0.29) is 17.9 Å². The summed E-state index contributed by atoms with van der Waals surface area (Å²) < 4.78 is 0. The number of imide groups is 1. The first kappa shape index (κ1) is 14.6. The van der Waals surface area contributed by atoms with Crippen molar-refractivity contribution in [2.45, 2.75) is 38.6 Å². The molecule has 0 aliphatic carbocycles. The number of hydrogen-bond acceptors (Lipinski definition) is 4. The van der Waals surface area contributed by atoms with Gasteiger partial charge in [-0.2, -0.15) is 11.8 Å². The molecule has 112 valence electrons. The molecule has 0 radical (unpaired) electrons. The number of rotatable bonds is 4. The zero-order valence-electron chi connectivity index (χ0n) is 12.2. The van der Waals surface area contributed by atoms with Crippen molar-refractivity contribution in [1.82, 2.24) is 9.88 Å². The van der Waals surface area contributed by atoms with Crippen LogP contribution in [0.5, 0.6) is 0 Å². The number of nitrogens with zero attached hydrogens (tertiary/aromatic N) is 2. The van der Waals surface area contributed by atoms with Gasteiger partial charge < -0.3 is 0 Å². The summed E-state index contributed by atoms with van der Waals surface area (Å²) >= 11 is 1.78. The molecule has 1 spiro atoms. The number of aromatic nitrogens is 1. The van der Waals surface area contributed by atoms with Crippen molar-refractivity contribution in [3.05, 3.63) is 30.1 Å². The number of hydrogen-bond donors (Lipinski definition) is 0. The molecule has 2 saturated heterocycles. The van der Waals surface area contributed by atoms with E-state index in [1.165, 1.54) is 4.90 Å². The van der Waals surface area contributed by atoms with E-state index in [1.54, 1.807) is 18.0 Å². The molecule has 4 nitrogen and oxygen atoms in total. The molecule has 2 atom stereocenters. The number of likely N-dealkylation sites (tertiary alicyclic amines) is 1. The summed E-state index contributed by atoms with van der Waals surface area (Å²) in [5.41, 5.74) is 0.395. The predicted molar refractivity (Wildman–Crippen MR) is 82.7 cm³/mol. The molecule has 0 aromatic carbocycles. The van der Waals surface area contributed by atoms with Crippen LogP contribution in [0.4, 0.5) is 0 Å². The SMILES string of the molecule is CCCC(c1ccccn1)N1C(=O)CC2(CCSC2)C1=O. The average Bonchev–Trinajstić information content (AvgIpc) is 3.05. The van der Waals surface area contributed by atoms with E-state index in [0.29, 0.717) is 6.42 Å². The molecule has 2 unspecified atom stereocenters. The van der Waals surface area contributed by atoms with Crippen molar-refractivity contribution in [3.8, 4) is 0 Å². The zero-order valence-corrected chi connectivity index (χ0v) is 13.1. The molecule has 2 aliphatic heterocycles. The lowest BCUT2D eigenvalue weighted by Crippen LogP contribution is -2.38. The molecule has 2 amide bonds.